The summed E-state index contributed by atoms with van der Waals surface area (Å²) in [5, 5.41) is 2.83. The summed E-state index contributed by atoms with van der Waals surface area (Å²) < 4.78 is 0. The number of benzene rings is 1. The fourth-order valence-corrected chi connectivity index (χ4v) is 4.29. The molecule has 1 aromatic carbocycles. The van der Waals surface area contributed by atoms with Crippen LogP contribution in [0.5, 0.6) is 0 Å². The van der Waals surface area contributed by atoms with Crippen LogP contribution in [0.1, 0.15) is 22.3 Å². The van der Waals surface area contributed by atoms with E-state index in [0.29, 0.717) is 27.1 Å². The van der Waals surface area contributed by atoms with Crippen LogP contribution in [-0.4, -0.2) is 34.4 Å². The molecular weight excluding hydrogens is 345 g/mol. The second-order valence-corrected chi connectivity index (χ2v) is 7.75. The molecule has 1 N–H and O–H groups in total. The Balaban J connectivity index is 1.46. The molecule has 0 radical (unpaired) electrons. The summed E-state index contributed by atoms with van der Waals surface area (Å²) in [6.07, 6.45) is 7.43. The van der Waals surface area contributed by atoms with Gasteiger partial charge in [0.15, 0.2) is 0 Å². The van der Waals surface area contributed by atoms with E-state index < -0.39 is 0 Å². The summed E-state index contributed by atoms with van der Waals surface area (Å²) in [6, 6.07) is 10.3. The van der Waals surface area contributed by atoms with Crippen molar-refractivity contribution in [1.29, 1.82) is 0 Å². The van der Waals surface area contributed by atoms with E-state index in [9.17, 15) is 9.59 Å². The third-order valence-corrected chi connectivity index (χ3v) is 5.91. The number of aromatic nitrogens is 1. The van der Waals surface area contributed by atoms with Gasteiger partial charge in [0.1, 0.15) is 5.82 Å². The molecule has 2 aromatic rings. The quantitative estimate of drug-likeness (QED) is 0.658. The van der Waals surface area contributed by atoms with Crippen molar-refractivity contribution in [2.45, 2.75) is 19.1 Å². The van der Waals surface area contributed by atoms with E-state index in [1.54, 1.807) is 12.3 Å². The van der Waals surface area contributed by atoms with Gasteiger partial charge < -0.3 is 10.2 Å². The van der Waals surface area contributed by atoms with Crippen LogP contribution in [0.3, 0.4) is 0 Å². The SMILES string of the molecule is O=C1CPCc2cc(/C=C/C(=O)N3CCc4ccccc4C3)cnc2N1. The molecule has 0 spiro atoms. The number of nitrogens with one attached hydrogen (secondary N) is 1. The highest BCUT2D eigenvalue weighted by Crippen LogP contribution is 2.28. The molecule has 4 rings (SSSR count). The standard InChI is InChI=1S/C20H20N3O2P/c24-18-13-26-12-17-9-14(10-21-20(17)22-18)5-6-19(25)23-8-7-15-3-1-2-4-16(15)11-23/h1-6,9-10,26H,7-8,11-13H2,(H,21,22,24)/b6-5+. The average Bonchev–Trinajstić information content (AvgIpc) is 2.85. The molecule has 3 heterocycles. The van der Waals surface area contributed by atoms with Crippen LogP contribution in [-0.2, 0) is 28.7 Å². The second-order valence-electron chi connectivity index (χ2n) is 6.54. The topological polar surface area (TPSA) is 62.3 Å². The number of carbonyl (C=O) groups is 2. The van der Waals surface area contributed by atoms with Crippen molar-refractivity contribution in [3.05, 3.63) is 64.9 Å². The van der Waals surface area contributed by atoms with Gasteiger partial charge in [-0.1, -0.05) is 24.3 Å². The van der Waals surface area contributed by atoms with Gasteiger partial charge in [0.2, 0.25) is 11.8 Å². The van der Waals surface area contributed by atoms with Crippen LogP contribution >= 0.6 is 8.58 Å². The van der Waals surface area contributed by atoms with Crippen molar-refractivity contribution in [3.63, 3.8) is 0 Å². The first kappa shape index (κ1) is 16.9. The predicted molar refractivity (Wildman–Crippen MR) is 104 cm³/mol. The molecule has 1 aromatic heterocycles. The molecule has 26 heavy (non-hydrogen) atoms. The first-order valence-corrected chi connectivity index (χ1v) is 10.1. The zero-order chi connectivity index (χ0) is 17.9. The summed E-state index contributed by atoms with van der Waals surface area (Å²) in [6.45, 7) is 1.41. The van der Waals surface area contributed by atoms with Crippen molar-refractivity contribution in [3.8, 4) is 0 Å². The third kappa shape index (κ3) is 3.68. The zero-order valence-corrected chi connectivity index (χ0v) is 15.4. The number of amides is 2. The van der Waals surface area contributed by atoms with Crippen molar-refractivity contribution in [2.24, 2.45) is 0 Å². The first-order chi connectivity index (χ1) is 12.7. The van der Waals surface area contributed by atoms with Gasteiger partial charge in [-0.05, 0) is 47.0 Å². The van der Waals surface area contributed by atoms with Gasteiger partial charge in [-0.3, -0.25) is 9.59 Å². The monoisotopic (exact) mass is 365 g/mol. The normalized spacial score (nSPS) is 17.5. The summed E-state index contributed by atoms with van der Waals surface area (Å²) in [7, 11) is 0.571. The predicted octanol–water partition coefficient (Wildman–Crippen LogP) is 2.81. The van der Waals surface area contributed by atoms with Gasteiger partial charge in [0, 0.05) is 31.5 Å². The molecule has 0 bridgehead atoms. The summed E-state index contributed by atoms with van der Waals surface area (Å²) in [4.78, 5) is 30.3. The van der Waals surface area contributed by atoms with Crippen molar-refractivity contribution < 1.29 is 9.59 Å². The van der Waals surface area contributed by atoms with E-state index in [2.05, 4.69) is 22.4 Å². The number of nitrogens with zero attached hydrogens (tertiary/aromatic N) is 2. The number of hydrogen-bond donors (Lipinski definition) is 1. The minimum absolute atomic E-state index is 0.0182. The summed E-state index contributed by atoms with van der Waals surface area (Å²) in [5.74, 6) is 0.694. The third-order valence-electron chi connectivity index (χ3n) is 4.71. The number of hydrogen-bond acceptors (Lipinski definition) is 3. The Kier molecular flexibility index (Phi) is 4.81. The lowest BCUT2D eigenvalue weighted by molar-refractivity contribution is -0.126. The number of fused-ring (bicyclic) bond motifs is 2. The Hall–Kier alpha value is -2.52. The lowest BCUT2D eigenvalue weighted by Crippen LogP contribution is -2.34. The van der Waals surface area contributed by atoms with Crippen molar-refractivity contribution in [1.82, 2.24) is 9.88 Å². The van der Waals surface area contributed by atoms with Gasteiger partial charge in [-0.25, -0.2) is 4.98 Å². The lowest BCUT2D eigenvalue weighted by Gasteiger charge is -2.27. The van der Waals surface area contributed by atoms with E-state index in [-0.39, 0.29) is 11.8 Å². The van der Waals surface area contributed by atoms with Crippen LogP contribution < -0.4 is 5.32 Å². The van der Waals surface area contributed by atoms with Gasteiger partial charge in [-0.15, -0.1) is 8.58 Å². The van der Waals surface area contributed by atoms with E-state index in [1.807, 2.05) is 29.2 Å². The molecular formula is C20H20N3O2P. The highest BCUT2D eigenvalue weighted by Gasteiger charge is 2.18. The zero-order valence-electron chi connectivity index (χ0n) is 14.4. The number of carbonyl (C=O) groups excluding carboxylic acids is 2. The largest absolute Gasteiger partial charge is 0.334 e. The fraction of sp³-hybridized carbons (Fsp3) is 0.250. The number of anilines is 1. The Morgan fingerprint density at radius 2 is 2.04 bits per heavy atom. The lowest BCUT2D eigenvalue weighted by atomic mass is 10.00. The Labute approximate surface area is 154 Å². The van der Waals surface area contributed by atoms with Crippen LogP contribution in [0, 0.1) is 0 Å². The maximum absolute atomic E-state index is 12.5. The van der Waals surface area contributed by atoms with Gasteiger partial charge >= 0.3 is 0 Å². The second kappa shape index (κ2) is 7.38. The molecule has 2 aliphatic rings. The van der Waals surface area contributed by atoms with Gasteiger partial charge in [-0.2, -0.15) is 0 Å². The van der Waals surface area contributed by atoms with Crippen LogP contribution in [0.15, 0.2) is 42.6 Å². The highest BCUT2D eigenvalue weighted by atomic mass is 31.1. The summed E-state index contributed by atoms with van der Waals surface area (Å²) >= 11 is 0. The van der Waals surface area contributed by atoms with Gasteiger partial charge in [0.25, 0.3) is 0 Å². The highest BCUT2D eigenvalue weighted by molar-refractivity contribution is 7.38. The maximum Gasteiger partial charge on any atom is 0.246 e. The Bertz CT molecular complexity index is 894. The molecule has 0 saturated carbocycles. The van der Waals surface area contributed by atoms with Crippen LogP contribution in [0.4, 0.5) is 5.82 Å². The Morgan fingerprint density at radius 3 is 2.92 bits per heavy atom. The van der Waals surface area contributed by atoms with Crippen molar-refractivity contribution >= 4 is 32.3 Å². The smallest absolute Gasteiger partial charge is 0.246 e. The van der Waals surface area contributed by atoms with Crippen LogP contribution in [0.2, 0.25) is 0 Å². The molecule has 1 atom stereocenters. The molecule has 2 aliphatic heterocycles. The minimum atomic E-state index is 0.0182. The van der Waals surface area contributed by atoms with E-state index in [1.165, 1.54) is 11.1 Å². The first-order valence-electron chi connectivity index (χ1n) is 8.72. The maximum atomic E-state index is 12.5. The number of rotatable bonds is 2. The average molecular weight is 365 g/mol. The molecule has 0 fully saturated rings. The molecule has 5 nitrogen and oxygen atoms in total. The summed E-state index contributed by atoms with van der Waals surface area (Å²) in [5.41, 5.74) is 4.48. The van der Waals surface area contributed by atoms with E-state index in [0.717, 1.165) is 30.3 Å². The Morgan fingerprint density at radius 1 is 1.19 bits per heavy atom. The molecule has 1 unspecified atom stereocenters. The van der Waals surface area contributed by atoms with Crippen molar-refractivity contribution in [2.75, 3.05) is 18.0 Å². The molecule has 6 heteroatoms. The minimum Gasteiger partial charge on any atom is -0.334 e. The van der Waals surface area contributed by atoms with E-state index >= 15 is 0 Å². The van der Waals surface area contributed by atoms with Crippen LogP contribution in [0.25, 0.3) is 6.08 Å². The fourth-order valence-electron chi connectivity index (χ4n) is 3.31. The van der Waals surface area contributed by atoms with E-state index in [4.69, 9.17) is 0 Å². The molecule has 0 aliphatic carbocycles. The molecule has 0 saturated heterocycles. The van der Waals surface area contributed by atoms with Gasteiger partial charge in [0.05, 0.1) is 0 Å². The number of pyridine rings is 1. The molecule has 2 amide bonds. The molecule has 132 valence electrons.